The molecule has 0 amide bonds. The first-order valence-electron chi connectivity index (χ1n) is 16.9. The summed E-state index contributed by atoms with van der Waals surface area (Å²) in [5, 5.41) is 7.08. The van der Waals surface area contributed by atoms with E-state index in [1.54, 1.807) is 11.3 Å². The van der Waals surface area contributed by atoms with E-state index in [0.29, 0.717) is 17.5 Å². The Bertz CT molecular complexity index is 3160. The lowest BCUT2D eigenvalue weighted by Gasteiger charge is -2.10. The second kappa shape index (κ2) is 11.2. The fourth-order valence-corrected chi connectivity index (χ4v) is 9.80. The molecule has 11 aromatic rings. The molecule has 4 aromatic heterocycles. The Morgan fingerprint density at radius 3 is 1.75 bits per heavy atom. The van der Waals surface area contributed by atoms with Crippen molar-refractivity contribution in [3.05, 3.63) is 152 Å². The fraction of sp³-hybridized carbons (Fsp3) is 0. The smallest absolute Gasteiger partial charge is 0.165 e. The van der Waals surface area contributed by atoms with Gasteiger partial charge in [0.25, 0.3) is 0 Å². The van der Waals surface area contributed by atoms with Crippen LogP contribution in [0.2, 0.25) is 0 Å². The molecule has 4 nitrogen and oxygen atoms in total. The summed E-state index contributed by atoms with van der Waals surface area (Å²) in [6, 6.07) is 53.1. The Labute approximate surface area is 299 Å². The molecule has 4 heterocycles. The van der Waals surface area contributed by atoms with Crippen molar-refractivity contribution in [2.45, 2.75) is 0 Å². The Morgan fingerprint density at radius 2 is 0.941 bits per heavy atom. The summed E-state index contributed by atoms with van der Waals surface area (Å²) >= 11 is 3.61. The second-order valence-corrected chi connectivity index (χ2v) is 14.9. The van der Waals surface area contributed by atoms with Gasteiger partial charge in [-0.2, -0.15) is 0 Å². The van der Waals surface area contributed by atoms with Crippen LogP contribution in [-0.2, 0) is 0 Å². The number of benzene rings is 7. The summed E-state index contributed by atoms with van der Waals surface area (Å²) in [4.78, 5) is 15.6. The van der Waals surface area contributed by atoms with Gasteiger partial charge in [-0.15, -0.1) is 22.7 Å². The van der Waals surface area contributed by atoms with Crippen molar-refractivity contribution in [2.75, 3.05) is 0 Å². The summed E-state index contributed by atoms with van der Waals surface area (Å²) in [6.07, 6.45) is 0. The maximum Gasteiger partial charge on any atom is 0.165 e. The second-order valence-electron chi connectivity index (χ2n) is 12.7. The largest absolute Gasteiger partial charge is 0.456 e. The lowest BCUT2D eigenvalue weighted by Crippen LogP contribution is -2.00. The number of fused-ring (bicyclic) bond motifs is 9. The summed E-state index contributed by atoms with van der Waals surface area (Å²) < 4.78 is 11.5. The molecule has 0 fully saturated rings. The molecule has 0 aliphatic heterocycles. The molecule has 0 atom stereocenters. The third kappa shape index (κ3) is 4.47. The first-order chi connectivity index (χ1) is 25.3. The Hall–Kier alpha value is -6.21. The molecule has 6 heteroatoms. The van der Waals surface area contributed by atoms with Gasteiger partial charge in [-0.05, 0) is 47.5 Å². The molecule has 238 valence electrons. The predicted octanol–water partition coefficient (Wildman–Crippen LogP) is 13.2. The van der Waals surface area contributed by atoms with E-state index in [4.69, 9.17) is 19.4 Å². The van der Waals surface area contributed by atoms with Gasteiger partial charge in [-0.3, -0.25) is 0 Å². The van der Waals surface area contributed by atoms with E-state index in [1.807, 2.05) is 41.7 Å². The molecular weight excluding hydrogens is 663 g/mol. The van der Waals surface area contributed by atoms with E-state index in [9.17, 15) is 0 Å². The average Bonchev–Trinajstić information content (AvgIpc) is 3.89. The van der Waals surface area contributed by atoms with Crippen LogP contribution in [0.25, 0.3) is 108 Å². The first-order valence-corrected chi connectivity index (χ1v) is 18.5. The highest BCUT2D eigenvalue weighted by molar-refractivity contribution is 7.26. The summed E-state index contributed by atoms with van der Waals surface area (Å²) in [5.41, 5.74) is 6.74. The van der Waals surface area contributed by atoms with Crippen LogP contribution in [0, 0.1) is 0 Å². The molecule has 51 heavy (non-hydrogen) atoms. The van der Waals surface area contributed by atoms with Crippen molar-refractivity contribution in [1.82, 2.24) is 15.0 Å². The van der Waals surface area contributed by atoms with Crippen molar-refractivity contribution in [1.29, 1.82) is 0 Å². The van der Waals surface area contributed by atoms with Crippen molar-refractivity contribution in [2.24, 2.45) is 0 Å². The molecule has 0 aliphatic carbocycles. The zero-order chi connectivity index (χ0) is 33.5. The normalized spacial score (nSPS) is 11.9. The van der Waals surface area contributed by atoms with Crippen LogP contribution < -0.4 is 0 Å². The van der Waals surface area contributed by atoms with Crippen LogP contribution in [0.1, 0.15) is 0 Å². The van der Waals surface area contributed by atoms with Crippen LogP contribution in [0.4, 0.5) is 0 Å². The van der Waals surface area contributed by atoms with Crippen molar-refractivity contribution in [3.63, 3.8) is 0 Å². The Morgan fingerprint density at radius 1 is 0.373 bits per heavy atom. The van der Waals surface area contributed by atoms with Crippen LogP contribution in [0.3, 0.4) is 0 Å². The van der Waals surface area contributed by atoms with Gasteiger partial charge in [-0.25, -0.2) is 15.0 Å². The van der Waals surface area contributed by atoms with Gasteiger partial charge in [0.05, 0.1) is 0 Å². The number of aromatic nitrogens is 3. The third-order valence-corrected chi connectivity index (χ3v) is 12.1. The zero-order valence-electron chi connectivity index (χ0n) is 27.0. The van der Waals surface area contributed by atoms with Gasteiger partial charge < -0.3 is 4.42 Å². The minimum Gasteiger partial charge on any atom is -0.456 e. The van der Waals surface area contributed by atoms with Gasteiger partial charge in [0.2, 0.25) is 0 Å². The maximum absolute atomic E-state index is 6.57. The third-order valence-electron chi connectivity index (χ3n) is 9.77. The van der Waals surface area contributed by atoms with E-state index in [0.717, 1.165) is 49.8 Å². The lowest BCUT2D eigenvalue weighted by atomic mass is 9.96. The molecule has 0 aliphatic rings. The predicted molar refractivity (Wildman–Crippen MR) is 215 cm³/mol. The van der Waals surface area contributed by atoms with Crippen LogP contribution in [-0.4, -0.2) is 15.0 Å². The number of furan rings is 1. The van der Waals surface area contributed by atoms with Gasteiger partial charge in [0.15, 0.2) is 17.5 Å². The van der Waals surface area contributed by atoms with E-state index < -0.39 is 0 Å². The van der Waals surface area contributed by atoms with Gasteiger partial charge >= 0.3 is 0 Å². The van der Waals surface area contributed by atoms with E-state index in [2.05, 4.69) is 121 Å². The molecule has 0 radical (unpaired) electrons. The maximum atomic E-state index is 6.57. The minimum absolute atomic E-state index is 0.611. The topological polar surface area (TPSA) is 51.8 Å². The Balaban J connectivity index is 1.17. The number of nitrogens with zero attached hydrogens (tertiary/aromatic N) is 3. The van der Waals surface area contributed by atoms with Gasteiger partial charge in [0.1, 0.15) is 11.2 Å². The minimum atomic E-state index is 0.611. The van der Waals surface area contributed by atoms with Crippen molar-refractivity contribution >= 4 is 85.0 Å². The van der Waals surface area contributed by atoms with Gasteiger partial charge in [-0.1, -0.05) is 115 Å². The van der Waals surface area contributed by atoms with Crippen molar-refractivity contribution in [3.8, 4) is 45.3 Å². The SMILES string of the molecule is c1ccc(-c2nc(-c3cccc4c3sc3ccccc34)nc(-c3cccc4oc5cccc(-c6ccc7c(c6)sc6ccccc67)c5c34)n2)cc1. The molecule has 0 saturated heterocycles. The van der Waals surface area contributed by atoms with E-state index in [-0.39, 0.29) is 0 Å². The highest BCUT2D eigenvalue weighted by Gasteiger charge is 2.21. The summed E-state index contributed by atoms with van der Waals surface area (Å²) in [7, 11) is 0. The molecule has 0 spiro atoms. The fourth-order valence-electron chi connectivity index (χ4n) is 7.44. The van der Waals surface area contributed by atoms with Crippen LogP contribution in [0.15, 0.2) is 156 Å². The van der Waals surface area contributed by atoms with Crippen molar-refractivity contribution < 1.29 is 4.42 Å². The highest BCUT2D eigenvalue weighted by atomic mass is 32.1. The quantitative estimate of drug-likeness (QED) is 0.185. The van der Waals surface area contributed by atoms with Crippen LogP contribution in [0.5, 0.6) is 0 Å². The van der Waals surface area contributed by atoms with E-state index >= 15 is 0 Å². The monoisotopic (exact) mass is 687 g/mol. The molecule has 0 saturated carbocycles. The summed E-state index contributed by atoms with van der Waals surface area (Å²) in [6.45, 7) is 0. The number of hydrogen-bond acceptors (Lipinski definition) is 6. The number of thiophene rings is 2. The van der Waals surface area contributed by atoms with Gasteiger partial charge in [0, 0.05) is 67.8 Å². The standard InChI is InChI=1S/C45H25N3OS2/c1-2-11-26(12-3-1)43-46-44(48-45(47-43)34-18-8-16-32-30-14-5-7-22-38(30)51-42(32)34)33-17-10-20-36-41(33)40-28(15-9-19-35(40)49-36)27-23-24-31-29-13-4-6-21-37(29)50-39(31)25-27/h1-25H. The summed E-state index contributed by atoms with van der Waals surface area (Å²) in [5.74, 6) is 1.89. The molecular formula is C45H25N3OS2. The molecule has 0 bridgehead atoms. The number of rotatable bonds is 4. The van der Waals surface area contributed by atoms with E-state index in [1.165, 1.54) is 40.3 Å². The zero-order valence-corrected chi connectivity index (χ0v) is 28.6. The molecule has 0 N–H and O–H groups in total. The molecule has 0 unspecified atom stereocenters. The Kier molecular flexibility index (Phi) is 6.26. The molecule has 7 aromatic carbocycles. The lowest BCUT2D eigenvalue weighted by molar-refractivity contribution is 0.669. The molecule has 11 rings (SSSR count). The first kappa shape index (κ1) is 28.6. The highest BCUT2D eigenvalue weighted by Crippen LogP contribution is 2.44. The average molecular weight is 688 g/mol. The number of hydrogen-bond donors (Lipinski definition) is 0. The van der Waals surface area contributed by atoms with Crippen LogP contribution >= 0.6 is 22.7 Å².